The summed E-state index contributed by atoms with van der Waals surface area (Å²) in [5, 5.41) is 4.50. The predicted molar refractivity (Wildman–Crippen MR) is 105 cm³/mol. The van der Waals surface area contributed by atoms with Gasteiger partial charge in [0.15, 0.2) is 0 Å². The maximum Gasteiger partial charge on any atom is 0.271 e. The van der Waals surface area contributed by atoms with Crippen molar-refractivity contribution in [2.75, 3.05) is 6.54 Å². The van der Waals surface area contributed by atoms with Gasteiger partial charge in [0, 0.05) is 23.8 Å². The zero-order chi connectivity index (χ0) is 18.3. The number of fused-ring (bicyclic) bond motifs is 1. The first-order valence-corrected chi connectivity index (χ1v) is 9.12. The molecule has 3 heterocycles. The molecule has 0 amide bonds. The molecule has 0 fully saturated rings. The summed E-state index contributed by atoms with van der Waals surface area (Å²) in [6, 6.07) is 10.2. The van der Waals surface area contributed by atoms with E-state index in [1.165, 1.54) is 16.7 Å². The molecule has 1 aromatic carbocycles. The second-order valence-corrected chi connectivity index (χ2v) is 7.16. The van der Waals surface area contributed by atoms with Gasteiger partial charge in [0.25, 0.3) is 5.91 Å². The van der Waals surface area contributed by atoms with Crippen LogP contribution in [0.3, 0.4) is 0 Å². The van der Waals surface area contributed by atoms with E-state index < -0.39 is 0 Å². The lowest BCUT2D eigenvalue weighted by atomic mass is 9.93. The first kappa shape index (κ1) is 16.7. The molecule has 0 saturated heterocycles. The standard InChI is InChI=1S/C22H23N3O/c1-14-13-23-15(2)19(14)10-9-17-11-20-22(18-7-5-4-6-8-18)16(3)24-25(20)21(26)12-17/h4-8,12H,9-11,13H2,1-3H3. The van der Waals surface area contributed by atoms with Gasteiger partial charge in [0.1, 0.15) is 0 Å². The largest absolute Gasteiger partial charge is 0.285 e. The molecule has 1 aromatic heterocycles. The summed E-state index contributed by atoms with van der Waals surface area (Å²) in [6.07, 6.45) is 4.39. The number of nitrogens with zero attached hydrogens (tertiary/aromatic N) is 3. The third kappa shape index (κ3) is 2.85. The molecule has 4 rings (SSSR count). The first-order chi connectivity index (χ1) is 12.5. The Balaban J connectivity index is 1.62. The minimum atomic E-state index is -0.0333. The van der Waals surface area contributed by atoms with Crippen LogP contribution in [0.15, 0.2) is 58.1 Å². The summed E-state index contributed by atoms with van der Waals surface area (Å²) in [7, 11) is 0. The van der Waals surface area contributed by atoms with Gasteiger partial charge < -0.3 is 0 Å². The molecule has 0 bridgehead atoms. The van der Waals surface area contributed by atoms with Crippen molar-refractivity contribution < 1.29 is 4.79 Å². The van der Waals surface area contributed by atoms with Crippen molar-refractivity contribution in [3.8, 4) is 11.1 Å². The fourth-order valence-electron chi connectivity index (χ4n) is 3.98. The van der Waals surface area contributed by atoms with E-state index in [4.69, 9.17) is 0 Å². The Bertz CT molecular complexity index is 974. The molecule has 2 aliphatic rings. The molecular formula is C22H23N3O. The molecule has 0 N–H and O–H groups in total. The van der Waals surface area contributed by atoms with E-state index in [0.717, 1.165) is 54.0 Å². The highest BCUT2D eigenvalue weighted by Gasteiger charge is 2.25. The van der Waals surface area contributed by atoms with E-state index in [1.807, 2.05) is 25.1 Å². The van der Waals surface area contributed by atoms with Crippen LogP contribution in [0.5, 0.6) is 0 Å². The van der Waals surface area contributed by atoms with Crippen molar-refractivity contribution in [1.29, 1.82) is 0 Å². The molecule has 0 spiro atoms. The van der Waals surface area contributed by atoms with E-state index in [0.29, 0.717) is 0 Å². The average molecular weight is 345 g/mol. The van der Waals surface area contributed by atoms with Gasteiger partial charge in [-0.2, -0.15) is 5.10 Å². The van der Waals surface area contributed by atoms with Gasteiger partial charge >= 0.3 is 0 Å². The highest BCUT2D eigenvalue weighted by Crippen LogP contribution is 2.32. The minimum Gasteiger partial charge on any atom is -0.285 e. The van der Waals surface area contributed by atoms with Crippen molar-refractivity contribution in [3.05, 3.63) is 64.5 Å². The number of aliphatic imine (C=N–C) groups is 1. The van der Waals surface area contributed by atoms with Crippen molar-refractivity contribution in [2.45, 2.75) is 40.0 Å². The van der Waals surface area contributed by atoms with Gasteiger partial charge in [-0.1, -0.05) is 35.9 Å². The van der Waals surface area contributed by atoms with Crippen molar-refractivity contribution >= 4 is 11.6 Å². The lowest BCUT2D eigenvalue weighted by Gasteiger charge is -2.16. The molecule has 0 saturated carbocycles. The second kappa shape index (κ2) is 6.52. The number of benzene rings is 1. The predicted octanol–water partition coefficient (Wildman–Crippen LogP) is 4.55. The van der Waals surface area contributed by atoms with Crippen LogP contribution in [0.2, 0.25) is 0 Å². The van der Waals surface area contributed by atoms with Crippen molar-refractivity contribution in [3.63, 3.8) is 0 Å². The van der Waals surface area contributed by atoms with Crippen LogP contribution in [0, 0.1) is 6.92 Å². The Kier molecular flexibility index (Phi) is 4.19. The summed E-state index contributed by atoms with van der Waals surface area (Å²) in [6.45, 7) is 7.04. The quantitative estimate of drug-likeness (QED) is 0.816. The summed E-state index contributed by atoms with van der Waals surface area (Å²) < 4.78 is 1.58. The molecule has 4 heteroatoms. The monoisotopic (exact) mass is 345 g/mol. The van der Waals surface area contributed by atoms with Crippen LogP contribution < -0.4 is 0 Å². The summed E-state index contributed by atoms with van der Waals surface area (Å²) in [4.78, 5) is 17.1. The Morgan fingerprint density at radius 1 is 1.08 bits per heavy atom. The number of carbonyl (C=O) groups excluding carboxylic acids is 1. The number of allylic oxidation sites excluding steroid dienone is 3. The van der Waals surface area contributed by atoms with Gasteiger partial charge in [0.2, 0.25) is 0 Å². The molecule has 0 radical (unpaired) electrons. The number of rotatable bonds is 4. The molecule has 0 atom stereocenters. The van der Waals surface area contributed by atoms with Crippen LogP contribution >= 0.6 is 0 Å². The van der Waals surface area contributed by atoms with E-state index >= 15 is 0 Å². The van der Waals surface area contributed by atoms with Gasteiger partial charge in [-0.25, -0.2) is 4.68 Å². The molecule has 2 aromatic rings. The maximum atomic E-state index is 12.6. The number of carbonyl (C=O) groups is 1. The van der Waals surface area contributed by atoms with Crippen LogP contribution in [0.1, 0.15) is 42.9 Å². The summed E-state index contributed by atoms with van der Waals surface area (Å²) in [5.41, 5.74) is 9.19. The highest BCUT2D eigenvalue weighted by molar-refractivity contribution is 6.01. The zero-order valence-corrected chi connectivity index (χ0v) is 15.5. The molecule has 132 valence electrons. The SMILES string of the molecule is CC1=NCC(C)=C1CCC1=CC(=O)n2nc(C)c(-c3ccccc3)c2C1. The third-order valence-electron chi connectivity index (χ3n) is 5.35. The van der Waals surface area contributed by atoms with E-state index in [2.05, 4.69) is 36.1 Å². The Labute approximate surface area is 154 Å². The zero-order valence-electron chi connectivity index (χ0n) is 15.5. The van der Waals surface area contributed by atoms with Crippen LogP contribution in [-0.4, -0.2) is 27.9 Å². The van der Waals surface area contributed by atoms with Gasteiger partial charge in [-0.05, 0) is 50.3 Å². The van der Waals surface area contributed by atoms with Crippen LogP contribution in [0.4, 0.5) is 0 Å². The Morgan fingerprint density at radius 3 is 2.54 bits per heavy atom. The first-order valence-electron chi connectivity index (χ1n) is 9.12. The highest BCUT2D eigenvalue weighted by atomic mass is 16.2. The van der Waals surface area contributed by atoms with E-state index in [-0.39, 0.29) is 5.91 Å². The number of aryl methyl sites for hydroxylation is 1. The number of aromatic nitrogens is 2. The topological polar surface area (TPSA) is 47.2 Å². The lowest BCUT2D eigenvalue weighted by molar-refractivity contribution is 0.0945. The maximum absolute atomic E-state index is 12.6. The van der Waals surface area contributed by atoms with Gasteiger partial charge in [0.05, 0.1) is 17.9 Å². The van der Waals surface area contributed by atoms with Crippen molar-refractivity contribution in [1.82, 2.24) is 9.78 Å². The molecule has 0 aliphatic carbocycles. The molecular weight excluding hydrogens is 322 g/mol. The lowest BCUT2D eigenvalue weighted by Crippen LogP contribution is -2.19. The Morgan fingerprint density at radius 2 is 1.85 bits per heavy atom. The minimum absolute atomic E-state index is 0.0333. The normalized spacial score (nSPS) is 16.7. The second-order valence-electron chi connectivity index (χ2n) is 7.16. The smallest absolute Gasteiger partial charge is 0.271 e. The average Bonchev–Trinajstić information content (AvgIpc) is 3.13. The van der Waals surface area contributed by atoms with E-state index in [9.17, 15) is 4.79 Å². The van der Waals surface area contributed by atoms with Crippen LogP contribution in [0.25, 0.3) is 11.1 Å². The Hall–Kier alpha value is -2.75. The van der Waals surface area contributed by atoms with Gasteiger partial charge in [-0.15, -0.1) is 0 Å². The van der Waals surface area contributed by atoms with Crippen LogP contribution in [-0.2, 0) is 6.42 Å². The summed E-state index contributed by atoms with van der Waals surface area (Å²) >= 11 is 0. The third-order valence-corrected chi connectivity index (χ3v) is 5.35. The molecule has 2 aliphatic heterocycles. The summed E-state index contributed by atoms with van der Waals surface area (Å²) in [5.74, 6) is -0.0333. The van der Waals surface area contributed by atoms with Gasteiger partial charge in [-0.3, -0.25) is 9.79 Å². The molecule has 4 nitrogen and oxygen atoms in total. The fraction of sp³-hybridized carbons (Fsp3) is 0.318. The van der Waals surface area contributed by atoms with Crippen molar-refractivity contribution in [2.24, 2.45) is 4.99 Å². The van der Waals surface area contributed by atoms with E-state index in [1.54, 1.807) is 10.8 Å². The number of hydrogen-bond donors (Lipinski definition) is 0. The molecule has 0 unspecified atom stereocenters. The number of hydrogen-bond acceptors (Lipinski definition) is 3. The fourth-order valence-corrected chi connectivity index (χ4v) is 3.98. The molecule has 26 heavy (non-hydrogen) atoms.